The predicted octanol–water partition coefficient (Wildman–Crippen LogP) is 0.678. The molecule has 7 heteroatoms. The van der Waals surface area contributed by atoms with Crippen molar-refractivity contribution >= 4 is 11.8 Å². The van der Waals surface area contributed by atoms with Gasteiger partial charge in [0, 0.05) is 23.7 Å². The van der Waals surface area contributed by atoms with E-state index in [4.69, 9.17) is 4.74 Å². The lowest BCUT2D eigenvalue weighted by Crippen LogP contribution is -2.50. The van der Waals surface area contributed by atoms with Crippen molar-refractivity contribution in [3.63, 3.8) is 0 Å². The van der Waals surface area contributed by atoms with Crippen molar-refractivity contribution in [2.75, 3.05) is 5.75 Å². The van der Waals surface area contributed by atoms with Crippen LogP contribution in [0.5, 0.6) is 5.75 Å². The largest absolute Gasteiger partial charge is 0.477 e. The zero-order valence-electron chi connectivity index (χ0n) is 11.6. The molecule has 0 saturated carbocycles. The van der Waals surface area contributed by atoms with Gasteiger partial charge in [0.25, 0.3) is 0 Å². The van der Waals surface area contributed by atoms with E-state index in [2.05, 4.69) is 9.97 Å². The maximum absolute atomic E-state index is 9.98. The number of nitrogens with zero attached hydrogens (tertiary/aromatic N) is 2. The van der Waals surface area contributed by atoms with Crippen LogP contribution in [0.15, 0.2) is 42.9 Å². The van der Waals surface area contributed by atoms with E-state index in [1.54, 1.807) is 30.7 Å². The van der Waals surface area contributed by atoms with E-state index in [9.17, 15) is 15.3 Å². The smallest absolute Gasteiger partial charge is 0.173 e. The predicted molar refractivity (Wildman–Crippen MR) is 82.4 cm³/mol. The molecule has 4 atom stereocenters. The third-order valence-corrected chi connectivity index (χ3v) is 4.64. The molecule has 0 spiro atoms. The lowest BCUT2D eigenvalue weighted by atomic mass is 10.1. The molecule has 1 aliphatic rings. The lowest BCUT2D eigenvalue weighted by molar-refractivity contribution is -0.0786. The van der Waals surface area contributed by atoms with Crippen LogP contribution in [-0.4, -0.2) is 54.8 Å². The van der Waals surface area contributed by atoms with Crippen molar-refractivity contribution in [1.29, 1.82) is 0 Å². The van der Waals surface area contributed by atoms with Gasteiger partial charge in [-0.05, 0) is 12.1 Å². The highest BCUT2D eigenvalue weighted by Crippen LogP contribution is 2.30. The first-order valence-electron chi connectivity index (χ1n) is 6.84. The minimum absolute atomic E-state index is 0.312. The highest BCUT2D eigenvalue weighted by atomic mass is 32.2. The normalized spacial score (nSPS) is 28.3. The van der Waals surface area contributed by atoms with Crippen molar-refractivity contribution < 1.29 is 20.1 Å². The lowest BCUT2D eigenvalue weighted by Gasteiger charge is -2.34. The summed E-state index contributed by atoms with van der Waals surface area (Å²) in [6.07, 6.45) is 1.59. The Morgan fingerprint density at radius 1 is 1.14 bits per heavy atom. The Balaban J connectivity index is 1.76. The molecule has 1 saturated heterocycles. The Morgan fingerprint density at radius 3 is 2.77 bits per heavy atom. The number of hydrogen-bond acceptors (Lipinski definition) is 7. The fourth-order valence-electron chi connectivity index (χ4n) is 2.19. The summed E-state index contributed by atoms with van der Waals surface area (Å²) in [6.45, 7) is 0. The van der Waals surface area contributed by atoms with Crippen molar-refractivity contribution in [2.45, 2.75) is 23.7 Å². The van der Waals surface area contributed by atoms with Gasteiger partial charge < -0.3 is 20.1 Å². The van der Waals surface area contributed by atoms with Gasteiger partial charge in [0.05, 0.1) is 18.0 Å². The average molecular weight is 320 g/mol. The molecule has 22 heavy (non-hydrogen) atoms. The SMILES string of the molecule is O[C@@H]1[C@@H](O)[C@H](Oc2cccc(-c3cnccn3)c2)SC[C@H]1O. The van der Waals surface area contributed by atoms with Crippen molar-refractivity contribution in [2.24, 2.45) is 0 Å². The zero-order valence-corrected chi connectivity index (χ0v) is 12.4. The van der Waals surface area contributed by atoms with Crippen molar-refractivity contribution in [1.82, 2.24) is 9.97 Å². The molecular weight excluding hydrogens is 304 g/mol. The molecule has 6 nitrogen and oxygen atoms in total. The highest BCUT2D eigenvalue weighted by molar-refractivity contribution is 7.99. The van der Waals surface area contributed by atoms with E-state index >= 15 is 0 Å². The fourth-order valence-corrected chi connectivity index (χ4v) is 3.32. The van der Waals surface area contributed by atoms with Crippen LogP contribution in [0.3, 0.4) is 0 Å². The number of aliphatic hydroxyl groups excluding tert-OH is 3. The van der Waals surface area contributed by atoms with Crippen molar-refractivity contribution in [3.05, 3.63) is 42.9 Å². The average Bonchev–Trinajstić information content (AvgIpc) is 2.57. The standard InChI is InChI=1S/C15H16N2O4S/c18-12-8-22-15(14(20)13(12)19)21-10-3-1-2-9(6-10)11-7-16-4-5-17-11/h1-7,12-15,18-20H,8H2/t12-,13+,14-,15-/m1/s1. The molecule has 0 aliphatic carbocycles. The molecule has 1 aromatic heterocycles. The van der Waals surface area contributed by atoms with E-state index in [1.807, 2.05) is 12.1 Å². The molecule has 1 aliphatic heterocycles. The van der Waals surface area contributed by atoms with E-state index in [0.29, 0.717) is 11.5 Å². The van der Waals surface area contributed by atoms with Gasteiger partial charge in [-0.2, -0.15) is 0 Å². The first-order chi connectivity index (χ1) is 10.6. The van der Waals surface area contributed by atoms with Crippen molar-refractivity contribution in [3.8, 4) is 17.0 Å². The molecular formula is C15H16N2O4S. The molecule has 3 rings (SSSR count). The van der Waals surface area contributed by atoms with Crippen LogP contribution in [0, 0.1) is 0 Å². The van der Waals surface area contributed by atoms with Crippen LogP contribution >= 0.6 is 11.8 Å². The second-order valence-corrected chi connectivity index (χ2v) is 6.12. The number of thioether (sulfide) groups is 1. The third-order valence-electron chi connectivity index (χ3n) is 3.40. The van der Waals surface area contributed by atoms with Gasteiger partial charge in [-0.25, -0.2) is 0 Å². The summed E-state index contributed by atoms with van der Waals surface area (Å²) in [4.78, 5) is 8.26. The monoisotopic (exact) mass is 320 g/mol. The number of rotatable bonds is 3. The summed E-state index contributed by atoms with van der Waals surface area (Å²) in [6, 6.07) is 7.28. The molecule has 2 heterocycles. The Kier molecular flexibility index (Phi) is 4.58. The number of benzene rings is 1. The first-order valence-corrected chi connectivity index (χ1v) is 7.89. The molecule has 1 fully saturated rings. The second-order valence-electron chi connectivity index (χ2n) is 4.99. The molecule has 0 unspecified atom stereocenters. The number of aliphatic hydroxyl groups is 3. The molecule has 3 N–H and O–H groups in total. The van der Waals surface area contributed by atoms with E-state index < -0.39 is 23.7 Å². The topological polar surface area (TPSA) is 95.7 Å². The zero-order chi connectivity index (χ0) is 15.5. The maximum Gasteiger partial charge on any atom is 0.173 e. The van der Waals surface area contributed by atoms with Crippen LogP contribution in [0.4, 0.5) is 0 Å². The van der Waals surface area contributed by atoms with Crippen LogP contribution in [0.25, 0.3) is 11.3 Å². The number of hydrogen-bond donors (Lipinski definition) is 3. The summed E-state index contributed by atoms with van der Waals surface area (Å²) in [5.41, 5.74) is 0.942. The summed E-state index contributed by atoms with van der Waals surface area (Å²) < 4.78 is 5.74. The van der Waals surface area contributed by atoms with Gasteiger partial charge in [-0.1, -0.05) is 12.1 Å². The Labute approximate surface area is 131 Å². The Hall–Kier alpha value is -1.67. The summed E-state index contributed by atoms with van der Waals surface area (Å²) >= 11 is 1.27. The van der Waals surface area contributed by atoms with E-state index in [0.717, 1.165) is 11.3 Å². The van der Waals surface area contributed by atoms with Gasteiger partial charge in [0.2, 0.25) is 0 Å². The van der Waals surface area contributed by atoms with Crippen LogP contribution in [-0.2, 0) is 0 Å². The molecule has 0 radical (unpaired) electrons. The molecule has 0 amide bonds. The summed E-state index contributed by atoms with van der Waals surface area (Å²) in [5.74, 6) is 0.871. The van der Waals surface area contributed by atoms with Gasteiger partial charge in [0.15, 0.2) is 5.44 Å². The molecule has 1 aromatic carbocycles. The highest BCUT2D eigenvalue weighted by Gasteiger charge is 2.38. The maximum atomic E-state index is 9.98. The minimum Gasteiger partial charge on any atom is -0.477 e. The Morgan fingerprint density at radius 2 is 2.00 bits per heavy atom. The van der Waals surface area contributed by atoms with E-state index in [1.165, 1.54) is 11.8 Å². The van der Waals surface area contributed by atoms with Gasteiger partial charge in [-0.3, -0.25) is 9.97 Å². The summed E-state index contributed by atoms with van der Waals surface area (Å²) in [7, 11) is 0. The van der Waals surface area contributed by atoms with Crippen LogP contribution < -0.4 is 4.74 Å². The number of ether oxygens (including phenoxy) is 1. The number of aromatic nitrogens is 2. The quantitative estimate of drug-likeness (QED) is 0.765. The van der Waals surface area contributed by atoms with Gasteiger partial charge in [-0.15, -0.1) is 11.8 Å². The summed E-state index contributed by atoms with van der Waals surface area (Å²) in [5, 5.41) is 29.2. The molecule has 2 aromatic rings. The minimum atomic E-state index is -1.20. The van der Waals surface area contributed by atoms with Crippen LogP contribution in [0.2, 0.25) is 0 Å². The third kappa shape index (κ3) is 3.22. The first kappa shape index (κ1) is 15.2. The van der Waals surface area contributed by atoms with Gasteiger partial charge in [0.1, 0.15) is 18.0 Å². The second kappa shape index (κ2) is 6.62. The van der Waals surface area contributed by atoms with Crippen LogP contribution in [0.1, 0.15) is 0 Å². The fraction of sp³-hybridized carbons (Fsp3) is 0.333. The van der Waals surface area contributed by atoms with E-state index in [-0.39, 0.29) is 0 Å². The van der Waals surface area contributed by atoms with Gasteiger partial charge >= 0.3 is 0 Å². The molecule has 0 bridgehead atoms. The Bertz CT molecular complexity index is 628. The molecule has 116 valence electrons.